The van der Waals surface area contributed by atoms with Crippen LogP contribution < -0.4 is 0 Å². The molecule has 11 unspecified atom stereocenters. The number of fused-ring (bicyclic) bond motifs is 10. The van der Waals surface area contributed by atoms with Gasteiger partial charge in [-0.2, -0.15) is 0 Å². The second-order valence-corrected chi connectivity index (χ2v) is 17.0. The van der Waals surface area contributed by atoms with Crippen molar-refractivity contribution >= 4 is 17.0 Å². The van der Waals surface area contributed by atoms with Gasteiger partial charge in [0, 0.05) is 28.7 Å². The summed E-state index contributed by atoms with van der Waals surface area (Å²) in [6, 6.07) is 27.4. The van der Waals surface area contributed by atoms with Crippen molar-refractivity contribution in [2.24, 2.45) is 47.3 Å². The molecule has 1 fully saturated rings. The zero-order valence-electron chi connectivity index (χ0n) is 30.4. The Labute approximate surface area is 314 Å². The standard InChI is InChI=1S/C52H48O/c1-3-11-33(12-4-1)39-28-40(37-20-23-44-38(27-37)21-25-46-43-17-9-7-15-35(43)19-24-47(44)46)30-42(29-39)48-31-41(34-13-5-2-6-14-34)32-49-51-45-18-10-8-16-36(45)22-26-50(51)53-52(48)49/h1-9,11-17,19-27,31-32,35-36,38-40,42-47H,10,18,28-30H2. The smallest absolute Gasteiger partial charge is 0.138 e. The molecule has 0 aliphatic heterocycles. The lowest BCUT2D eigenvalue weighted by molar-refractivity contribution is 0.228. The summed E-state index contributed by atoms with van der Waals surface area (Å²) in [7, 11) is 0. The molecule has 0 spiro atoms. The molecule has 0 bridgehead atoms. The molecule has 53 heavy (non-hydrogen) atoms. The molecule has 1 nitrogen and oxygen atoms in total. The summed E-state index contributed by atoms with van der Waals surface area (Å²) in [5.41, 5.74) is 9.62. The highest BCUT2D eigenvalue weighted by Gasteiger charge is 2.42. The van der Waals surface area contributed by atoms with E-state index < -0.39 is 0 Å². The van der Waals surface area contributed by atoms with Gasteiger partial charge < -0.3 is 4.42 Å². The summed E-state index contributed by atoms with van der Waals surface area (Å²) in [4.78, 5) is 0. The second kappa shape index (κ2) is 12.9. The first-order valence-corrected chi connectivity index (χ1v) is 20.4. The first-order valence-electron chi connectivity index (χ1n) is 20.4. The molecule has 11 atom stereocenters. The van der Waals surface area contributed by atoms with E-state index in [2.05, 4.69) is 164 Å². The number of rotatable bonds is 4. The van der Waals surface area contributed by atoms with Gasteiger partial charge in [0.25, 0.3) is 0 Å². The number of benzene rings is 3. The SMILES string of the molecule is C1=CC2C=CC3C4C=CC(C5CC(c6ccccc6)CC(c6cc(-c7ccccc7)cc7c8c(oc67)C=CC6C=CCCC86)C5)=CC4C=CC3C2C=C1. The number of hydrogen-bond donors (Lipinski definition) is 0. The van der Waals surface area contributed by atoms with Crippen molar-refractivity contribution in [1.82, 2.24) is 0 Å². The Morgan fingerprint density at radius 2 is 1.30 bits per heavy atom. The lowest BCUT2D eigenvalue weighted by Gasteiger charge is -2.45. The van der Waals surface area contributed by atoms with Crippen LogP contribution in [0.5, 0.6) is 0 Å². The Kier molecular flexibility index (Phi) is 7.70. The summed E-state index contributed by atoms with van der Waals surface area (Å²) in [5.74, 6) is 6.70. The van der Waals surface area contributed by atoms with Crippen LogP contribution in [0.15, 0.2) is 168 Å². The van der Waals surface area contributed by atoms with Crippen LogP contribution in [0.25, 0.3) is 28.2 Å². The highest BCUT2D eigenvalue weighted by Crippen LogP contribution is 2.54. The van der Waals surface area contributed by atoms with E-state index in [1.165, 1.54) is 46.0 Å². The van der Waals surface area contributed by atoms with Crippen LogP contribution in [0, 0.1) is 47.3 Å². The minimum Gasteiger partial charge on any atom is -0.456 e. The fraction of sp³-hybridized carbons (Fsp3) is 0.308. The van der Waals surface area contributed by atoms with E-state index in [1.807, 2.05) is 0 Å². The van der Waals surface area contributed by atoms with Crippen molar-refractivity contribution in [3.8, 4) is 11.1 Å². The van der Waals surface area contributed by atoms with E-state index >= 15 is 0 Å². The molecule has 0 saturated heterocycles. The maximum Gasteiger partial charge on any atom is 0.138 e. The van der Waals surface area contributed by atoms with Gasteiger partial charge in [0.1, 0.15) is 11.3 Å². The molecular formula is C52H48O. The Morgan fingerprint density at radius 3 is 2.17 bits per heavy atom. The fourth-order valence-electron chi connectivity index (χ4n) is 11.6. The minimum atomic E-state index is 0.395. The van der Waals surface area contributed by atoms with Gasteiger partial charge in [-0.1, -0.05) is 146 Å². The van der Waals surface area contributed by atoms with Crippen molar-refractivity contribution in [3.63, 3.8) is 0 Å². The average molecular weight is 689 g/mol. The Balaban J connectivity index is 0.994. The molecule has 0 N–H and O–H groups in total. The van der Waals surface area contributed by atoms with E-state index in [1.54, 1.807) is 5.57 Å². The van der Waals surface area contributed by atoms with Crippen molar-refractivity contribution in [1.29, 1.82) is 0 Å². The maximum absolute atomic E-state index is 7.03. The lowest BCUT2D eigenvalue weighted by atomic mass is 9.59. The van der Waals surface area contributed by atoms with E-state index in [0.29, 0.717) is 65.1 Å². The third kappa shape index (κ3) is 5.41. The predicted molar refractivity (Wildman–Crippen MR) is 219 cm³/mol. The van der Waals surface area contributed by atoms with Crippen LogP contribution in [0.3, 0.4) is 0 Å². The van der Waals surface area contributed by atoms with E-state index in [-0.39, 0.29) is 0 Å². The molecule has 0 radical (unpaired) electrons. The Bertz CT molecular complexity index is 2280. The number of furan rings is 1. The molecule has 7 aliphatic rings. The van der Waals surface area contributed by atoms with Crippen LogP contribution in [0.2, 0.25) is 0 Å². The molecule has 1 heterocycles. The van der Waals surface area contributed by atoms with Crippen LogP contribution >= 0.6 is 0 Å². The third-order valence-electron chi connectivity index (χ3n) is 14.2. The molecule has 11 rings (SSSR count). The number of allylic oxidation sites excluding steroid dienone is 15. The van der Waals surface area contributed by atoms with Gasteiger partial charge in [-0.15, -0.1) is 0 Å². The molecule has 1 heteroatoms. The van der Waals surface area contributed by atoms with Crippen molar-refractivity contribution in [2.75, 3.05) is 0 Å². The first kappa shape index (κ1) is 31.6. The monoisotopic (exact) mass is 688 g/mol. The summed E-state index contributed by atoms with van der Waals surface area (Å²) in [6.45, 7) is 0. The molecule has 4 aromatic rings. The van der Waals surface area contributed by atoms with Crippen LogP contribution in [0.4, 0.5) is 0 Å². The van der Waals surface area contributed by atoms with Crippen LogP contribution in [0.1, 0.15) is 72.3 Å². The Hall–Kier alpha value is -4.88. The van der Waals surface area contributed by atoms with E-state index in [0.717, 1.165) is 30.6 Å². The van der Waals surface area contributed by atoms with Crippen LogP contribution in [-0.2, 0) is 0 Å². The topological polar surface area (TPSA) is 13.1 Å². The highest BCUT2D eigenvalue weighted by molar-refractivity contribution is 5.93. The summed E-state index contributed by atoms with van der Waals surface area (Å²) < 4.78 is 7.03. The van der Waals surface area contributed by atoms with E-state index in [4.69, 9.17) is 4.42 Å². The molecule has 7 aliphatic carbocycles. The van der Waals surface area contributed by atoms with Crippen molar-refractivity contribution in [2.45, 2.75) is 49.9 Å². The van der Waals surface area contributed by atoms with Gasteiger partial charge in [-0.05, 0) is 125 Å². The van der Waals surface area contributed by atoms with E-state index in [9.17, 15) is 0 Å². The van der Waals surface area contributed by atoms with Crippen molar-refractivity contribution in [3.05, 3.63) is 186 Å². The van der Waals surface area contributed by atoms with Gasteiger partial charge in [0.05, 0.1) is 0 Å². The molecule has 3 aromatic carbocycles. The summed E-state index contributed by atoms with van der Waals surface area (Å²) in [5, 5.41) is 1.34. The quantitative estimate of drug-likeness (QED) is 0.195. The van der Waals surface area contributed by atoms with Gasteiger partial charge in [0.2, 0.25) is 0 Å². The highest BCUT2D eigenvalue weighted by atomic mass is 16.3. The largest absolute Gasteiger partial charge is 0.456 e. The van der Waals surface area contributed by atoms with Crippen LogP contribution in [-0.4, -0.2) is 0 Å². The molecule has 262 valence electrons. The number of hydrogen-bond acceptors (Lipinski definition) is 1. The third-order valence-corrected chi connectivity index (χ3v) is 14.2. The minimum absolute atomic E-state index is 0.395. The van der Waals surface area contributed by atoms with Gasteiger partial charge >= 0.3 is 0 Å². The maximum atomic E-state index is 7.03. The van der Waals surface area contributed by atoms with Gasteiger partial charge in [-0.25, -0.2) is 0 Å². The Morgan fingerprint density at radius 1 is 0.547 bits per heavy atom. The summed E-state index contributed by atoms with van der Waals surface area (Å²) in [6.07, 6.45) is 42.6. The fourth-order valence-corrected chi connectivity index (χ4v) is 11.6. The lowest BCUT2D eigenvalue weighted by Crippen LogP contribution is -2.38. The van der Waals surface area contributed by atoms with Crippen molar-refractivity contribution < 1.29 is 4.42 Å². The zero-order chi connectivity index (χ0) is 34.9. The van der Waals surface area contributed by atoms with Gasteiger partial charge in [0.15, 0.2) is 0 Å². The average Bonchev–Trinajstić information content (AvgIpc) is 3.62. The zero-order valence-corrected chi connectivity index (χ0v) is 30.4. The molecule has 0 amide bonds. The van der Waals surface area contributed by atoms with Gasteiger partial charge in [-0.3, -0.25) is 0 Å². The molecule has 1 aromatic heterocycles. The predicted octanol–water partition coefficient (Wildman–Crippen LogP) is 13.3. The molecular weight excluding hydrogens is 641 g/mol. The first-order chi connectivity index (χ1) is 26.2. The second-order valence-electron chi connectivity index (χ2n) is 17.0. The summed E-state index contributed by atoms with van der Waals surface area (Å²) >= 11 is 0. The normalized spacial score (nSPS) is 34.6. The molecule has 1 saturated carbocycles.